The summed E-state index contributed by atoms with van der Waals surface area (Å²) < 4.78 is 0. The van der Waals surface area contributed by atoms with Gasteiger partial charge in [0.2, 0.25) is 5.91 Å². The lowest BCUT2D eigenvalue weighted by molar-refractivity contribution is -0.144. The van der Waals surface area contributed by atoms with Crippen molar-refractivity contribution in [3.05, 3.63) is 15.6 Å². The van der Waals surface area contributed by atoms with Crippen LogP contribution in [0, 0.1) is 11.8 Å². The third-order valence-electron chi connectivity index (χ3n) is 6.49. The van der Waals surface area contributed by atoms with Crippen LogP contribution in [0.4, 0.5) is 0 Å². The fraction of sp³-hybridized carbons (Fsp3) is 0.750. The van der Waals surface area contributed by atoms with Gasteiger partial charge in [0.1, 0.15) is 0 Å². The number of fused-ring (bicyclic) bond motifs is 1. The lowest BCUT2D eigenvalue weighted by Gasteiger charge is -2.31. The predicted octanol–water partition coefficient (Wildman–Crippen LogP) is 2.82. The molecule has 6 nitrogen and oxygen atoms in total. The molecule has 3 N–H and O–H groups in total. The number of thiazole rings is 1. The summed E-state index contributed by atoms with van der Waals surface area (Å²) in [5, 5.41) is 17.0. The molecule has 1 aliphatic heterocycles. The molecule has 2 heterocycles. The number of carboxylic acid groups (broad SMARTS) is 1. The van der Waals surface area contributed by atoms with E-state index in [9.17, 15) is 9.59 Å². The number of nitrogens with zero attached hydrogens (tertiary/aromatic N) is 1. The summed E-state index contributed by atoms with van der Waals surface area (Å²) in [6.07, 6.45) is 7.93. The normalized spacial score (nSPS) is 31.1. The summed E-state index contributed by atoms with van der Waals surface area (Å²) >= 11 is 1.87. The Balaban J connectivity index is 1.24. The molecule has 2 saturated carbocycles. The molecule has 3 aliphatic rings. The van der Waals surface area contributed by atoms with E-state index in [-0.39, 0.29) is 23.8 Å². The second kappa shape index (κ2) is 8.27. The number of aliphatic carboxylic acids is 1. The number of nitrogens with one attached hydrogen (secondary N) is 2. The first-order valence-corrected chi connectivity index (χ1v) is 11.1. The molecular formula is C20H29N3O3S. The summed E-state index contributed by atoms with van der Waals surface area (Å²) in [5.41, 5.74) is 1.29. The average Bonchev–Trinajstić information content (AvgIpc) is 3.13. The van der Waals surface area contributed by atoms with E-state index >= 15 is 0 Å². The van der Waals surface area contributed by atoms with E-state index in [2.05, 4.69) is 10.6 Å². The van der Waals surface area contributed by atoms with Crippen molar-refractivity contribution >= 4 is 23.2 Å². The summed E-state index contributed by atoms with van der Waals surface area (Å²) in [4.78, 5) is 29.9. The molecule has 4 rings (SSSR count). The maximum Gasteiger partial charge on any atom is 0.306 e. The van der Waals surface area contributed by atoms with E-state index in [4.69, 9.17) is 10.1 Å². The van der Waals surface area contributed by atoms with Gasteiger partial charge in [0.05, 0.1) is 16.6 Å². The molecule has 148 valence electrons. The molecule has 0 saturated heterocycles. The molecule has 0 radical (unpaired) electrons. The second-order valence-electron chi connectivity index (χ2n) is 8.29. The summed E-state index contributed by atoms with van der Waals surface area (Å²) in [5.74, 6) is -0.301. The number of aromatic nitrogens is 1. The van der Waals surface area contributed by atoms with Crippen LogP contribution in [-0.4, -0.2) is 34.6 Å². The minimum Gasteiger partial charge on any atom is -0.481 e. The summed E-state index contributed by atoms with van der Waals surface area (Å²) in [7, 11) is 0. The summed E-state index contributed by atoms with van der Waals surface area (Å²) in [6, 6.07) is 0.266. The lowest BCUT2D eigenvalue weighted by Crippen LogP contribution is -2.42. The molecular weight excluding hydrogens is 362 g/mol. The van der Waals surface area contributed by atoms with Crippen molar-refractivity contribution in [1.82, 2.24) is 15.6 Å². The first-order valence-electron chi connectivity index (χ1n) is 10.3. The molecule has 27 heavy (non-hydrogen) atoms. The van der Waals surface area contributed by atoms with Gasteiger partial charge in [-0.05, 0) is 51.4 Å². The molecule has 1 amide bonds. The third kappa shape index (κ3) is 4.35. The number of amides is 1. The highest BCUT2D eigenvalue weighted by Crippen LogP contribution is 2.37. The zero-order valence-electron chi connectivity index (χ0n) is 15.7. The van der Waals surface area contributed by atoms with Crippen LogP contribution in [0.5, 0.6) is 0 Å². The van der Waals surface area contributed by atoms with E-state index in [1.54, 1.807) is 0 Å². The van der Waals surface area contributed by atoms with E-state index in [0.29, 0.717) is 31.6 Å². The van der Waals surface area contributed by atoms with E-state index in [1.165, 1.54) is 15.6 Å². The van der Waals surface area contributed by atoms with Gasteiger partial charge >= 0.3 is 5.97 Å². The monoisotopic (exact) mass is 391 g/mol. The Labute approximate surface area is 164 Å². The van der Waals surface area contributed by atoms with Crippen molar-refractivity contribution in [2.24, 2.45) is 11.8 Å². The van der Waals surface area contributed by atoms with Crippen LogP contribution in [0.1, 0.15) is 72.9 Å². The lowest BCUT2D eigenvalue weighted by atomic mass is 9.81. The molecule has 1 aromatic rings. The van der Waals surface area contributed by atoms with Crippen LogP contribution >= 0.6 is 11.3 Å². The van der Waals surface area contributed by atoms with Gasteiger partial charge in [0, 0.05) is 42.3 Å². The molecule has 0 spiro atoms. The molecule has 2 fully saturated rings. The fourth-order valence-electron chi connectivity index (χ4n) is 4.73. The van der Waals surface area contributed by atoms with Crippen molar-refractivity contribution in [2.45, 2.75) is 76.3 Å². The van der Waals surface area contributed by atoms with Gasteiger partial charge in [-0.25, -0.2) is 4.98 Å². The van der Waals surface area contributed by atoms with Gasteiger partial charge in [0.25, 0.3) is 0 Å². The average molecular weight is 392 g/mol. The van der Waals surface area contributed by atoms with Crippen molar-refractivity contribution in [3.8, 4) is 0 Å². The number of hydrogen-bond donors (Lipinski definition) is 3. The zero-order valence-corrected chi connectivity index (χ0v) is 16.5. The van der Waals surface area contributed by atoms with Gasteiger partial charge in [-0.1, -0.05) is 0 Å². The van der Waals surface area contributed by atoms with Crippen molar-refractivity contribution in [1.29, 1.82) is 0 Å². The van der Waals surface area contributed by atoms with Crippen LogP contribution < -0.4 is 10.6 Å². The molecule has 7 heteroatoms. The maximum atomic E-state index is 12.6. The summed E-state index contributed by atoms with van der Waals surface area (Å²) in [6.45, 7) is 1.99. The van der Waals surface area contributed by atoms with Crippen LogP contribution in [0.3, 0.4) is 0 Å². The van der Waals surface area contributed by atoms with Crippen LogP contribution in [0.2, 0.25) is 0 Å². The number of carbonyl (C=O) groups excluding carboxylic acids is 1. The molecule has 0 atom stereocenters. The Bertz CT molecular complexity index is 665. The second-order valence-corrected chi connectivity index (χ2v) is 9.41. The highest BCUT2D eigenvalue weighted by Gasteiger charge is 2.32. The topological polar surface area (TPSA) is 91.3 Å². The van der Waals surface area contributed by atoms with E-state index < -0.39 is 5.97 Å². The molecule has 0 unspecified atom stereocenters. The SMILES string of the molecule is O=C(O)[C@H]1CC[C@H](C(=O)NC2CCC(c3nc4c(s3)CNCC4)CC2)CC1. The maximum absolute atomic E-state index is 12.6. The highest BCUT2D eigenvalue weighted by atomic mass is 32.1. The standard InChI is InChI=1S/C20H29N3O3S/c24-18(12-1-3-14(4-2-12)20(25)26)22-15-7-5-13(6-8-15)19-23-16-9-10-21-11-17(16)27-19/h12-15,21H,1-11H2,(H,22,24)(H,25,26)/t12-,13?,14-,15?. The minimum atomic E-state index is -0.716. The number of carbonyl (C=O) groups is 2. The van der Waals surface area contributed by atoms with Gasteiger partial charge in [-0.3, -0.25) is 9.59 Å². The number of hydrogen-bond acceptors (Lipinski definition) is 5. The predicted molar refractivity (Wildman–Crippen MR) is 104 cm³/mol. The Morgan fingerprint density at radius 1 is 1.04 bits per heavy atom. The van der Waals surface area contributed by atoms with Gasteiger partial charge in [0.15, 0.2) is 0 Å². The fourth-order valence-corrected chi connectivity index (χ4v) is 5.98. The molecule has 0 aromatic carbocycles. The Morgan fingerprint density at radius 2 is 1.74 bits per heavy atom. The first-order chi connectivity index (χ1) is 13.1. The van der Waals surface area contributed by atoms with E-state index in [0.717, 1.165) is 45.2 Å². The number of rotatable bonds is 4. The quantitative estimate of drug-likeness (QED) is 0.734. The van der Waals surface area contributed by atoms with E-state index in [1.807, 2.05) is 11.3 Å². The van der Waals surface area contributed by atoms with Crippen molar-refractivity contribution in [3.63, 3.8) is 0 Å². The zero-order chi connectivity index (χ0) is 18.8. The first kappa shape index (κ1) is 18.9. The minimum absolute atomic E-state index is 0.00323. The van der Waals surface area contributed by atoms with Crippen LogP contribution in [0.25, 0.3) is 0 Å². The Kier molecular flexibility index (Phi) is 5.78. The van der Waals surface area contributed by atoms with Crippen LogP contribution in [-0.2, 0) is 22.6 Å². The van der Waals surface area contributed by atoms with Gasteiger partial charge < -0.3 is 15.7 Å². The van der Waals surface area contributed by atoms with Gasteiger partial charge in [-0.15, -0.1) is 11.3 Å². The van der Waals surface area contributed by atoms with Crippen molar-refractivity contribution < 1.29 is 14.7 Å². The molecule has 2 aliphatic carbocycles. The smallest absolute Gasteiger partial charge is 0.306 e. The third-order valence-corrected chi connectivity index (χ3v) is 7.75. The molecule has 0 bridgehead atoms. The van der Waals surface area contributed by atoms with Crippen molar-refractivity contribution in [2.75, 3.05) is 6.54 Å². The molecule has 1 aromatic heterocycles. The number of carboxylic acids is 1. The Hall–Kier alpha value is -1.47. The Morgan fingerprint density at radius 3 is 2.41 bits per heavy atom. The largest absolute Gasteiger partial charge is 0.481 e. The van der Waals surface area contributed by atoms with Crippen LogP contribution in [0.15, 0.2) is 0 Å². The van der Waals surface area contributed by atoms with Gasteiger partial charge in [-0.2, -0.15) is 0 Å². The highest BCUT2D eigenvalue weighted by molar-refractivity contribution is 7.11.